The number of rotatable bonds is 5. The second kappa shape index (κ2) is 6.10. The SMILES string of the molecule is OCC1CCCCN1c1ccc(F)cc1CNC1CC1. The van der Waals surface area contributed by atoms with Crippen molar-refractivity contribution >= 4 is 5.69 Å². The van der Waals surface area contributed by atoms with Gasteiger partial charge in [-0.05, 0) is 55.9 Å². The first kappa shape index (κ1) is 13.8. The molecule has 1 heterocycles. The van der Waals surface area contributed by atoms with Crippen LogP contribution in [0.1, 0.15) is 37.7 Å². The summed E-state index contributed by atoms with van der Waals surface area (Å²) in [6.45, 7) is 1.84. The van der Waals surface area contributed by atoms with E-state index >= 15 is 0 Å². The lowest BCUT2D eigenvalue weighted by Crippen LogP contribution is -2.42. The molecule has 2 N–H and O–H groups in total. The standard InChI is InChI=1S/C16H23FN2O/c17-13-4-7-16(12(9-13)10-18-14-5-6-14)19-8-2-1-3-15(19)11-20/h4,7,9,14-15,18,20H,1-3,5-6,8,10-11H2. The lowest BCUT2D eigenvalue weighted by Gasteiger charge is -2.37. The fourth-order valence-electron chi connectivity index (χ4n) is 3.03. The van der Waals surface area contributed by atoms with Crippen LogP contribution in [0.15, 0.2) is 18.2 Å². The van der Waals surface area contributed by atoms with Gasteiger partial charge in [0.25, 0.3) is 0 Å². The van der Waals surface area contributed by atoms with Crippen LogP contribution in [0.2, 0.25) is 0 Å². The number of hydrogen-bond donors (Lipinski definition) is 2. The number of benzene rings is 1. The van der Waals surface area contributed by atoms with Gasteiger partial charge in [0.05, 0.1) is 12.6 Å². The van der Waals surface area contributed by atoms with Crippen LogP contribution in [-0.4, -0.2) is 30.3 Å². The van der Waals surface area contributed by atoms with Gasteiger partial charge in [-0.2, -0.15) is 0 Å². The smallest absolute Gasteiger partial charge is 0.123 e. The van der Waals surface area contributed by atoms with Crippen molar-refractivity contribution in [3.05, 3.63) is 29.6 Å². The van der Waals surface area contributed by atoms with E-state index in [0.29, 0.717) is 12.6 Å². The number of nitrogens with zero attached hydrogens (tertiary/aromatic N) is 1. The van der Waals surface area contributed by atoms with Crippen LogP contribution in [0.3, 0.4) is 0 Å². The average Bonchev–Trinajstić information content (AvgIpc) is 3.29. The second-order valence-corrected chi connectivity index (χ2v) is 5.95. The van der Waals surface area contributed by atoms with Crippen molar-refractivity contribution in [2.75, 3.05) is 18.1 Å². The molecule has 1 aromatic carbocycles. The first-order chi connectivity index (χ1) is 9.78. The van der Waals surface area contributed by atoms with Crippen molar-refractivity contribution in [1.29, 1.82) is 0 Å². The number of hydrogen-bond acceptors (Lipinski definition) is 3. The highest BCUT2D eigenvalue weighted by Crippen LogP contribution is 2.29. The minimum absolute atomic E-state index is 0.173. The van der Waals surface area contributed by atoms with Crippen LogP contribution in [-0.2, 0) is 6.54 Å². The third-order valence-electron chi connectivity index (χ3n) is 4.35. The van der Waals surface area contributed by atoms with Gasteiger partial charge in [-0.3, -0.25) is 0 Å². The van der Waals surface area contributed by atoms with Crippen LogP contribution in [0.25, 0.3) is 0 Å². The highest BCUT2D eigenvalue weighted by atomic mass is 19.1. The summed E-state index contributed by atoms with van der Waals surface area (Å²) in [5.74, 6) is -0.182. The molecule has 1 saturated carbocycles. The Hall–Kier alpha value is -1.13. The molecule has 4 heteroatoms. The van der Waals surface area contributed by atoms with Gasteiger partial charge in [0.15, 0.2) is 0 Å². The van der Waals surface area contributed by atoms with E-state index in [4.69, 9.17) is 0 Å². The summed E-state index contributed by atoms with van der Waals surface area (Å²) in [7, 11) is 0. The summed E-state index contributed by atoms with van der Waals surface area (Å²) in [5.41, 5.74) is 2.09. The van der Waals surface area contributed by atoms with Gasteiger partial charge in [0.2, 0.25) is 0 Å². The van der Waals surface area contributed by atoms with Gasteiger partial charge in [0, 0.05) is 24.8 Å². The van der Waals surface area contributed by atoms with Crippen LogP contribution in [0.5, 0.6) is 0 Å². The fraction of sp³-hybridized carbons (Fsp3) is 0.625. The van der Waals surface area contributed by atoms with E-state index < -0.39 is 0 Å². The number of nitrogens with one attached hydrogen (secondary N) is 1. The summed E-state index contributed by atoms with van der Waals surface area (Å²) >= 11 is 0. The van der Waals surface area contributed by atoms with Crippen LogP contribution < -0.4 is 10.2 Å². The number of halogens is 1. The molecule has 1 aromatic rings. The van der Waals surface area contributed by atoms with Gasteiger partial charge < -0.3 is 15.3 Å². The molecule has 3 rings (SSSR count). The molecule has 2 aliphatic rings. The summed E-state index contributed by atoms with van der Waals surface area (Å²) in [5, 5.41) is 13.0. The molecule has 1 aliphatic heterocycles. The van der Waals surface area contributed by atoms with Gasteiger partial charge in [-0.15, -0.1) is 0 Å². The maximum Gasteiger partial charge on any atom is 0.123 e. The van der Waals surface area contributed by atoms with E-state index in [1.807, 2.05) is 6.07 Å². The van der Waals surface area contributed by atoms with Gasteiger partial charge in [-0.25, -0.2) is 4.39 Å². The molecule has 2 fully saturated rings. The maximum absolute atomic E-state index is 13.5. The zero-order valence-electron chi connectivity index (χ0n) is 11.8. The predicted molar refractivity (Wildman–Crippen MR) is 78.3 cm³/mol. The van der Waals surface area contributed by atoms with Gasteiger partial charge >= 0.3 is 0 Å². The minimum Gasteiger partial charge on any atom is -0.394 e. The van der Waals surface area contributed by atoms with Crippen molar-refractivity contribution in [2.45, 2.75) is 50.7 Å². The second-order valence-electron chi connectivity index (χ2n) is 5.95. The van der Waals surface area contributed by atoms with Crippen molar-refractivity contribution < 1.29 is 9.50 Å². The minimum atomic E-state index is -0.182. The van der Waals surface area contributed by atoms with Crippen LogP contribution >= 0.6 is 0 Å². The van der Waals surface area contributed by atoms with E-state index in [1.165, 1.54) is 25.3 Å². The monoisotopic (exact) mass is 278 g/mol. The van der Waals surface area contributed by atoms with Crippen LogP contribution in [0.4, 0.5) is 10.1 Å². The first-order valence-electron chi connectivity index (χ1n) is 7.67. The Kier molecular flexibility index (Phi) is 4.22. The first-order valence-corrected chi connectivity index (χ1v) is 7.67. The molecule has 0 bridgehead atoms. The number of aliphatic hydroxyl groups excluding tert-OH is 1. The number of piperidine rings is 1. The highest BCUT2D eigenvalue weighted by molar-refractivity contribution is 5.55. The maximum atomic E-state index is 13.5. The number of aliphatic hydroxyl groups is 1. The molecule has 0 radical (unpaired) electrons. The van der Waals surface area contributed by atoms with E-state index in [1.54, 1.807) is 6.07 Å². The van der Waals surface area contributed by atoms with E-state index in [0.717, 1.165) is 30.6 Å². The summed E-state index contributed by atoms with van der Waals surface area (Å²) in [6.07, 6.45) is 5.78. The molecule has 1 atom stereocenters. The van der Waals surface area contributed by atoms with E-state index in [-0.39, 0.29) is 18.5 Å². The molecule has 0 amide bonds. The molecule has 0 aromatic heterocycles. The topological polar surface area (TPSA) is 35.5 Å². The average molecular weight is 278 g/mol. The molecule has 1 unspecified atom stereocenters. The molecule has 1 saturated heterocycles. The Morgan fingerprint density at radius 3 is 2.85 bits per heavy atom. The Balaban J connectivity index is 1.81. The molecule has 3 nitrogen and oxygen atoms in total. The molecule has 1 aliphatic carbocycles. The number of anilines is 1. The van der Waals surface area contributed by atoms with Gasteiger partial charge in [-0.1, -0.05) is 0 Å². The zero-order valence-corrected chi connectivity index (χ0v) is 11.8. The lowest BCUT2D eigenvalue weighted by molar-refractivity contribution is 0.240. The molecular formula is C16H23FN2O. The zero-order chi connectivity index (χ0) is 13.9. The Morgan fingerprint density at radius 1 is 1.25 bits per heavy atom. The Morgan fingerprint density at radius 2 is 2.10 bits per heavy atom. The quantitative estimate of drug-likeness (QED) is 0.868. The van der Waals surface area contributed by atoms with Crippen molar-refractivity contribution in [2.24, 2.45) is 0 Å². The fourth-order valence-corrected chi connectivity index (χ4v) is 3.03. The van der Waals surface area contributed by atoms with Crippen molar-refractivity contribution in [1.82, 2.24) is 5.32 Å². The van der Waals surface area contributed by atoms with Crippen molar-refractivity contribution in [3.63, 3.8) is 0 Å². The molecular weight excluding hydrogens is 255 g/mol. The van der Waals surface area contributed by atoms with Crippen molar-refractivity contribution in [3.8, 4) is 0 Å². The highest BCUT2D eigenvalue weighted by Gasteiger charge is 2.25. The lowest BCUT2D eigenvalue weighted by atomic mass is 10.00. The summed E-state index contributed by atoms with van der Waals surface area (Å²) in [4.78, 5) is 2.26. The van der Waals surface area contributed by atoms with E-state index in [2.05, 4.69) is 10.2 Å². The summed E-state index contributed by atoms with van der Waals surface area (Å²) in [6, 6.07) is 5.81. The molecule has 110 valence electrons. The third-order valence-corrected chi connectivity index (χ3v) is 4.35. The summed E-state index contributed by atoms with van der Waals surface area (Å²) < 4.78 is 13.5. The van der Waals surface area contributed by atoms with Crippen LogP contribution in [0, 0.1) is 5.82 Å². The largest absolute Gasteiger partial charge is 0.394 e. The third kappa shape index (κ3) is 3.13. The van der Waals surface area contributed by atoms with Gasteiger partial charge in [0.1, 0.15) is 5.82 Å². The molecule has 20 heavy (non-hydrogen) atoms. The Bertz CT molecular complexity index is 462. The van der Waals surface area contributed by atoms with E-state index in [9.17, 15) is 9.50 Å². The Labute approximate surface area is 119 Å². The molecule has 0 spiro atoms. The predicted octanol–water partition coefficient (Wildman–Crippen LogP) is 2.43. The normalized spacial score (nSPS) is 23.1.